The fourth-order valence-corrected chi connectivity index (χ4v) is 5.04. The second kappa shape index (κ2) is 8.40. The van der Waals surface area contributed by atoms with Gasteiger partial charge in [-0.15, -0.1) is 0 Å². The number of pyridine rings is 2. The Kier molecular flexibility index (Phi) is 5.70. The molecule has 1 fully saturated rings. The monoisotopic (exact) mass is 389 g/mol. The molecule has 1 saturated carbocycles. The first-order chi connectivity index (χ1) is 14.0. The Bertz CT molecular complexity index is 1040. The van der Waals surface area contributed by atoms with E-state index < -0.39 is 0 Å². The van der Waals surface area contributed by atoms with Crippen molar-refractivity contribution in [2.24, 2.45) is 17.8 Å². The molecular weight excluding hydrogens is 358 g/mol. The predicted molar refractivity (Wildman–Crippen MR) is 120 cm³/mol. The van der Waals surface area contributed by atoms with E-state index in [1.54, 1.807) is 6.20 Å². The number of nitrogens with one attached hydrogen (secondary N) is 2. The summed E-state index contributed by atoms with van der Waals surface area (Å²) in [7, 11) is 0. The normalized spacial score (nSPS) is 22.1. The fraction of sp³-hybridized carbons (Fsp3) is 0.440. The topological polar surface area (TPSA) is 57.8 Å². The second-order valence-electron chi connectivity index (χ2n) is 8.92. The van der Waals surface area contributed by atoms with Crippen LogP contribution in [0.1, 0.15) is 51.2 Å². The smallest absolute Gasteiger partial charge is 0.251 e. The summed E-state index contributed by atoms with van der Waals surface area (Å²) >= 11 is 0. The summed E-state index contributed by atoms with van der Waals surface area (Å²) in [4.78, 5) is 19.6. The molecule has 2 heterocycles. The Labute approximate surface area is 172 Å². The van der Waals surface area contributed by atoms with Crippen molar-refractivity contribution in [3.63, 3.8) is 0 Å². The minimum Gasteiger partial charge on any atom is -0.367 e. The van der Waals surface area contributed by atoms with Gasteiger partial charge in [0.2, 0.25) is 0 Å². The number of H-pyrrole nitrogens is 1. The molecule has 0 aliphatic heterocycles. The number of fused-ring (bicyclic) bond motifs is 1. The van der Waals surface area contributed by atoms with Gasteiger partial charge in [0, 0.05) is 35.8 Å². The Hall–Kier alpha value is -2.62. The third kappa shape index (κ3) is 4.21. The predicted octanol–water partition coefficient (Wildman–Crippen LogP) is 5.39. The van der Waals surface area contributed by atoms with E-state index in [2.05, 4.69) is 55.3 Å². The molecule has 1 aromatic carbocycles. The molecule has 2 N–H and O–H groups in total. The number of aromatic nitrogens is 2. The zero-order valence-electron chi connectivity index (χ0n) is 17.6. The summed E-state index contributed by atoms with van der Waals surface area (Å²) in [5.74, 6) is 3.28. The molecule has 4 rings (SSSR count). The molecule has 1 aliphatic rings. The maximum absolute atomic E-state index is 12.1. The van der Waals surface area contributed by atoms with Crippen LogP contribution in [0.3, 0.4) is 0 Å². The SMILES string of the molecule is CC(C)C1CCC(Nc2ncc(Cc3ccc[nH]c3=O)c3ccccc23)CC1C. The molecule has 3 unspecified atom stereocenters. The van der Waals surface area contributed by atoms with E-state index in [1.807, 2.05) is 18.3 Å². The van der Waals surface area contributed by atoms with Gasteiger partial charge in [0.05, 0.1) is 0 Å². The van der Waals surface area contributed by atoms with Crippen LogP contribution in [0.4, 0.5) is 5.82 Å². The van der Waals surface area contributed by atoms with Crippen molar-refractivity contribution >= 4 is 16.6 Å². The quantitative estimate of drug-likeness (QED) is 0.615. The number of nitrogens with zero attached hydrogens (tertiary/aromatic N) is 1. The van der Waals surface area contributed by atoms with Crippen LogP contribution < -0.4 is 10.9 Å². The zero-order valence-corrected chi connectivity index (χ0v) is 17.6. The van der Waals surface area contributed by atoms with Crippen LogP contribution in [0.25, 0.3) is 10.8 Å². The van der Waals surface area contributed by atoms with E-state index in [0.29, 0.717) is 12.5 Å². The van der Waals surface area contributed by atoms with Crippen molar-refractivity contribution in [3.8, 4) is 0 Å². The first-order valence-electron chi connectivity index (χ1n) is 10.8. The Morgan fingerprint density at radius 1 is 1.10 bits per heavy atom. The van der Waals surface area contributed by atoms with Gasteiger partial charge in [-0.05, 0) is 54.0 Å². The molecule has 29 heavy (non-hydrogen) atoms. The molecule has 0 amide bonds. The average molecular weight is 390 g/mol. The molecule has 0 radical (unpaired) electrons. The highest BCUT2D eigenvalue weighted by Crippen LogP contribution is 2.36. The van der Waals surface area contributed by atoms with Crippen molar-refractivity contribution in [1.82, 2.24) is 9.97 Å². The van der Waals surface area contributed by atoms with E-state index in [4.69, 9.17) is 4.98 Å². The van der Waals surface area contributed by atoms with Gasteiger partial charge >= 0.3 is 0 Å². The van der Waals surface area contributed by atoms with Gasteiger partial charge in [0.15, 0.2) is 0 Å². The van der Waals surface area contributed by atoms with Crippen molar-refractivity contribution in [2.75, 3.05) is 5.32 Å². The van der Waals surface area contributed by atoms with Gasteiger partial charge in [-0.1, -0.05) is 51.1 Å². The maximum atomic E-state index is 12.1. The Morgan fingerprint density at radius 2 is 1.90 bits per heavy atom. The highest BCUT2D eigenvalue weighted by atomic mass is 16.1. The van der Waals surface area contributed by atoms with Crippen molar-refractivity contribution in [3.05, 3.63) is 70.3 Å². The number of hydrogen-bond acceptors (Lipinski definition) is 3. The van der Waals surface area contributed by atoms with E-state index in [-0.39, 0.29) is 5.56 Å². The van der Waals surface area contributed by atoms with Crippen LogP contribution in [-0.2, 0) is 6.42 Å². The lowest BCUT2D eigenvalue weighted by Gasteiger charge is -2.37. The van der Waals surface area contributed by atoms with Crippen LogP contribution in [0.2, 0.25) is 0 Å². The van der Waals surface area contributed by atoms with Crippen LogP contribution in [0, 0.1) is 17.8 Å². The summed E-state index contributed by atoms with van der Waals surface area (Å²) in [6.07, 6.45) is 7.86. The highest BCUT2D eigenvalue weighted by molar-refractivity contribution is 5.94. The van der Waals surface area contributed by atoms with Gasteiger partial charge in [-0.2, -0.15) is 0 Å². The van der Waals surface area contributed by atoms with Gasteiger partial charge in [0.1, 0.15) is 5.82 Å². The van der Waals surface area contributed by atoms with Gasteiger partial charge < -0.3 is 10.3 Å². The Balaban J connectivity index is 1.59. The average Bonchev–Trinajstić information content (AvgIpc) is 2.71. The molecule has 0 bridgehead atoms. The lowest BCUT2D eigenvalue weighted by molar-refractivity contribution is 0.186. The summed E-state index contributed by atoms with van der Waals surface area (Å²) < 4.78 is 0. The van der Waals surface area contributed by atoms with Crippen LogP contribution in [-0.4, -0.2) is 16.0 Å². The summed E-state index contributed by atoms with van der Waals surface area (Å²) in [6, 6.07) is 12.6. The molecule has 4 heteroatoms. The highest BCUT2D eigenvalue weighted by Gasteiger charge is 2.29. The van der Waals surface area contributed by atoms with Crippen LogP contribution >= 0.6 is 0 Å². The minimum absolute atomic E-state index is 0.0327. The van der Waals surface area contributed by atoms with Crippen molar-refractivity contribution in [2.45, 2.75) is 52.5 Å². The van der Waals surface area contributed by atoms with E-state index >= 15 is 0 Å². The molecular formula is C25H31N3O. The van der Waals surface area contributed by atoms with E-state index in [1.165, 1.54) is 19.3 Å². The number of anilines is 1. The largest absolute Gasteiger partial charge is 0.367 e. The third-order valence-corrected chi connectivity index (χ3v) is 6.59. The molecule has 152 valence electrons. The van der Waals surface area contributed by atoms with Gasteiger partial charge in [0.25, 0.3) is 5.56 Å². The molecule has 3 aromatic rings. The molecule has 1 aliphatic carbocycles. The molecule has 2 aromatic heterocycles. The summed E-state index contributed by atoms with van der Waals surface area (Å²) in [6.45, 7) is 7.09. The van der Waals surface area contributed by atoms with Crippen LogP contribution in [0.15, 0.2) is 53.6 Å². The first kappa shape index (κ1) is 19.7. The number of aromatic amines is 1. The second-order valence-corrected chi connectivity index (χ2v) is 8.92. The minimum atomic E-state index is -0.0327. The summed E-state index contributed by atoms with van der Waals surface area (Å²) in [5, 5.41) is 6.04. The fourth-order valence-electron chi connectivity index (χ4n) is 5.04. The molecule has 0 saturated heterocycles. The zero-order chi connectivity index (χ0) is 20.4. The lowest BCUT2D eigenvalue weighted by Crippen LogP contribution is -2.33. The van der Waals surface area contributed by atoms with E-state index in [9.17, 15) is 4.79 Å². The van der Waals surface area contributed by atoms with Gasteiger partial charge in [-0.25, -0.2) is 4.98 Å². The van der Waals surface area contributed by atoms with Crippen molar-refractivity contribution in [1.29, 1.82) is 0 Å². The standard InChI is InChI=1S/C25H31N3O/c1-16(2)21-11-10-20(13-17(21)3)28-24-23-9-5-4-8-22(23)19(15-27-24)14-18-7-6-12-26-25(18)29/h4-9,12,15-17,20-21H,10-11,13-14H2,1-3H3,(H,26,29)(H,27,28). The van der Waals surface area contributed by atoms with Crippen LogP contribution in [0.5, 0.6) is 0 Å². The lowest BCUT2D eigenvalue weighted by atomic mass is 9.73. The van der Waals surface area contributed by atoms with E-state index in [0.717, 1.165) is 45.5 Å². The maximum Gasteiger partial charge on any atom is 0.251 e. The number of benzene rings is 1. The van der Waals surface area contributed by atoms with Gasteiger partial charge in [-0.3, -0.25) is 4.79 Å². The molecule has 0 spiro atoms. The number of rotatable bonds is 5. The van der Waals surface area contributed by atoms with Crippen molar-refractivity contribution < 1.29 is 0 Å². The summed E-state index contributed by atoms with van der Waals surface area (Å²) in [5.41, 5.74) is 1.82. The molecule has 3 atom stereocenters. The Morgan fingerprint density at radius 3 is 2.62 bits per heavy atom. The number of hydrogen-bond donors (Lipinski definition) is 2. The third-order valence-electron chi connectivity index (χ3n) is 6.59. The first-order valence-corrected chi connectivity index (χ1v) is 10.8. The molecule has 4 nitrogen and oxygen atoms in total.